The zero-order valence-corrected chi connectivity index (χ0v) is 18.2. The second-order valence-electron chi connectivity index (χ2n) is 7.80. The van der Waals surface area contributed by atoms with Gasteiger partial charge in [0.1, 0.15) is 11.8 Å². The first-order valence-electron chi connectivity index (χ1n) is 10.6. The highest BCUT2D eigenvalue weighted by atomic mass is 32.1. The summed E-state index contributed by atoms with van der Waals surface area (Å²) in [6.07, 6.45) is 3.91. The van der Waals surface area contributed by atoms with E-state index in [1.807, 2.05) is 30.3 Å². The smallest absolute Gasteiger partial charge is 0.231 e. The largest absolute Gasteiger partial charge is 0.497 e. The lowest BCUT2D eigenvalue weighted by Gasteiger charge is -2.32. The van der Waals surface area contributed by atoms with Crippen LogP contribution in [0.4, 0.5) is 0 Å². The average molecular weight is 429 g/mol. The molecule has 1 fully saturated rings. The maximum Gasteiger partial charge on any atom is 0.231 e. The summed E-state index contributed by atoms with van der Waals surface area (Å²) in [4.78, 5) is 1.62. The summed E-state index contributed by atoms with van der Waals surface area (Å²) in [5, 5.41) is 7.42. The Labute approximate surface area is 183 Å². The van der Waals surface area contributed by atoms with Crippen LogP contribution in [0.25, 0.3) is 0 Å². The van der Waals surface area contributed by atoms with Gasteiger partial charge in [0.05, 0.1) is 26.7 Å². The first-order chi connectivity index (χ1) is 14.7. The number of ether oxygens (including phenoxy) is 3. The fraction of sp³-hybridized carbons (Fsp3) is 0.435. The van der Waals surface area contributed by atoms with Crippen LogP contribution in [0.5, 0.6) is 17.2 Å². The van der Waals surface area contributed by atoms with Crippen molar-refractivity contribution in [1.29, 1.82) is 0 Å². The van der Waals surface area contributed by atoms with Gasteiger partial charge in [-0.1, -0.05) is 6.07 Å². The van der Waals surface area contributed by atoms with E-state index in [0.717, 1.165) is 29.4 Å². The number of piperidine rings is 1. The number of methoxy groups -OCH3 is 1. The van der Waals surface area contributed by atoms with E-state index in [1.165, 1.54) is 37.9 Å². The number of benzene rings is 2. The lowest BCUT2D eigenvalue weighted by atomic mass is 10.0. The molecular formula is C23H30N3O3S+. The van der Waals surface area contributed by atoms with Crippen LogP contribution >= 0.6 is 12.2 Å². The van der Waals surface area contributed by atoms with Gasteiger partial charge in [0.15, 0.2) is 16.6 Å². The van der Waals surface area contributed by atoms with E-state index < -0.39 is 0 Å². The molecule has 0 saturated carbocycles. The zero-order valence-electron chi connectivity index (χ0n) is 17.4. The number of hydrogen-bond acceptors (Lipinski definition) is 4. The summed E-state index contributed by atoms with van der Waals surface area (Å²) in [5.41, 5.74) is 2.43. The zero-order chi connectivity index (χ0) is 20.8. The van der Waals surface area contributed by atoms with Crippen molar-refractivity contribution in [2.24, 2.45) is 0 Å². The second-order valence-corrected chi connectivity index (χ2v) is 8.20. The van der Waals surface area contributed by atoms with Gasteiger partial charge in [-0.05, 0) is 73.4 Å². The summed E-state index contributed by atoms with van der Waals surface area (Å²) >= 11 is 5.55. The van der Waals surface area contributed by atoms with Crippen LogP contribution in [0.3, 0.4) is 0 Å². The minimum Gasteiger partial charge on any atom is -0.497 e. The fourth-order valence-corrected chi connectivity index (χ4v) is 4.33. The molecule has 0 amide bonds. The summed E-state index contributed by atoms with van der Waals surface area (Å²) in [5.74, 6) is 2.48. The number of thiocarbonyl (C=S) groups is 1. The Bertz CT molecular complexity index is 853. The highest BCUT2D eigenvalue weighted by Crippen LogP contribution is 2.32. The van der Waals surface area contributed by atoms with E-state index in [4.69, 9.17) is 26.4 Å². The van der Waals surface area contributed by atoms with Gasteiger partial charge in [-0.15, -0.1) is 0 Å². The molecule has 3 N–H and O–H groups in total. The Kier molecular flexibility index (Phi) is 6.92. The Morgan fingerprint density at radius 2 is 1.80 bits per heavy atom. The third-order valence-corrected chi connectivity index (χ3v) is 6.15. The molecule has 6 nitrogen and oxygen atoms in total. The first kappa shape index (κ1) is 20.8. The summed E-state index contributed by atoms with van der Waals surface area (Å²) in [7, 11) is 1.70. The van der Waals surface area contributed by atoms with Crippen LogP contribution in [0, 0.1) is 0 Å². The van der Waals surface area contributed by atoms with Gasteiger partial charge < -0.3 is 29.7 Å². The van der Waals surface area contributed by atoms with Gasteiger partial charge in [0, 0.05) is 12.1 Å². The van der Waals surface area contributed by atoms with Gasteiger partial charge >= 0.3 is 0 Å². The van der Waals surface area contributed by atoms with Crippen LogP contribution in [0.2, 0.25) is 0 Å². The van der Waals surface area contributed by atoms with Crippen molar-refractivity contribution < 1.29 is 19.1 Å². The Morgan fingerprint density at radius 3 is 2.57 bits per heavy atom. The van der Waals surface area contributed by atoms with Crippen LogP contribution in [-0.2, 0) is 6.54 Å². The Balaban J connectivity index is 1.34. The standard InChI is InChI=1S/C23H29N3O3S/c1-27-19-8-6-18(7-9-19)20(26-11-3-2-4-12-26)15-25-23(30)24-14-17-5-10-21-22(13-17)29-16-28-21/h5-10,13,20H,2-4,11-12,14-16H2,1H3,(H2,24,25,30)/p+1/t20-/m0/s1. The monoisotopic (exact) mass is 428 g/mol. The van der Waals surface area contributed by atoms with Gasteiger partial charge in [-0.3, -0.25) is 0 Å². The molecule has 30 heavy (non-hydrogen) atoms. The molecule has 2 aliphatic heterocycles. The van der Waals surface area contributed by atoms with Gasteiger partial charge in [-0.2, -0.15) is 0 Å². The summed E-state index contributed by atoms with van der Waals surface area (Å²) in [6.45, 7) is 4.14. The number of likely N-dealkylation sites (tertiary alicyclic amines) is 1. The van der Waals surface area contributed by atoms with Gasteiger partial charge in [-0.25, -0.2) is 0 Å². The van der Waals surface area contributed by atoms with Crippen molar-refractivity contribution in [1.82, 2.24) is 10.6 Å². The molecule has 0 spiro atoms. The maximum absolute atomic E-state index is 5.55. The Hall–Kier alpha value is -2.51. The molecule has 1 atom stereocenters. The molecule has 1 saturated heterocycles. The number of quaternary nitrogens is 1. The van der Waals surface area contributed by atoms with Gasteiger partial charge in [0.2, 0.25) is 6.79 Å². The molecule has 2 heterocycles. The third kappa shape index (κ3) is 5.15. The molecule has 4 rings (SSSR count). The van der Waals surface area contributed by atoms with E-state index in [2.05, 4.69) is 22.8 Å². The van der Waals surface area contributed by atoms with E-state index in [1.54, 1.807) is 12.0 Å². The van der Waals surface area contributed by atoms with E-state index in [-0.39, 0.29) is 6.79 Å². The molecule has 0 unspecified atom stereocenters. The molecule has 2 aliphatic rings. The van der Waals surface area contributed by atoms with Crippen molar-refractivity contribution >= 4 is 17.3 Å². The number of nitrogens with one attached hydrogen (secondary N) is 3. The quantitative estimate of drug-likeness (QED) is 0.588. The van der Waals surface area contributed by atoms with Crippen molar-refractivity contribution in [2.45, 2.75) is 31.8 Å². The fourth-order valence-electron chi connectivity index (χ4n) is 4.18. The lowest BCUT2D eigenvalue weighted by Crippen LogP contribution is -3.13. The van der Waals surface area contributed by atoms with Crippen LogP contribution < -0.4 is 29.7 Å². The topological polar surface area (TPSA) is 56.2 Å². The molecular weight excluding hydrogens is 398 g/mol. The molecule has 0 aromatic heterocycles. The average Bonchev–Trinajstić information content (AvgIpc) is 3.27. The van der Waals surface area contributed by atoms with E-state index in [9.17, 15) is 0 Å². The van der Waals surface area contributed by atoms with Crippen molar-refractivity contribution in [3.05, 3.63) is 53.6 Å². The SMILES string of the molecule is COc1ccc([C@H](CNC(=S)NCc2ccc3c(c2)OCO3)[NH+]2CCCCC2)cc1. The van der Waals surface area contributed by atoms with Crippen molar-refractivity contribution in [3.63, 3.8) is 0 Å². The lowest BCUT2D eigenvalue weighted by molar-refractivity contribution is -0.934. The predicted molar refractivity (Wildman–Crippen MR) is 120 cm³/mol. The third-order valence-electron chi connectivity index (χ3n) is 5.86. The van der Waals surface area contributed by atoms with Gasteiger partial charge in [0.25, 0.3) is 0 Å². The number of rotatable bonds is 7. The minimum absolute atomic E-state index is 0.289. The molecule has 2 aromatic carbocycles. The molecule has 0 aliphatic carbocycles. The maximum atomic E-state index is 5.55. The second kappa shape index (κ2) is 10.00. The normalized spacial score (nSPS) is 16.7. The summed E-state index contributed by atoms with van der Waals surface area (Å²) in [6, 6.07) is 14.8. The first-order valence-corrected chi connectivity index (χ1v) is 11.0. The highest BCUT2D eigenvalue weighted by molar-refractivity contribution is 7.80. The number of fused-ring (bicyclic) bond motifs is 1. The van der Waals surface area contributed by atoms with Crippen LogP contribution in [0.15, 0.2) is 42.5 Å². The van der Waals surface area contributed by atoms with Crippen LogP contribution in [-0.4, -0.2) is 38.6 Å². The molecule has 2 aromatic rings. The predicted octanol–water partition coefficient (Wildman–Crippen LogP) is 2.20. The van der Waals surface area contributed by atoms with Crippen LogP contribution in [0.1, 0.15) is 36.4 Å². The minimum atomic E-state index is 0.289. The van der Waals surface area contributed by atoms with E-state index in [0.29, 0.717) is 17.7 Å². The molecule has 0 bridgehead atoms. The van der Waals surface area contributed by atoms with Crippen molar-refractivity contribution in [3.8, 4) is 17.2 Å². The highest BCUT2D eigenvalue weighted by Gasteiger charge is 2.26. The molecule has 160 valence electrons. The van der Waals surface area contributed by atoms with Crippen molar-refractivity contribution in [2.75, 3.05) is 33.5 Å². The van der Waals surface area contributed by atoms with E-state index >= 15 is 0 Å². The number of hydrogen-bond donors (Lipinski definition) is 3. The summed E-state index contributed by atoms with van der Waals surface area (Å²) < 4.78 is 16.1. The Morgan fingerprint density at radius 1 is 1.03 bits per heavy atom. The molecule has 7 heteroatoms. The molecule has 0 radical (unpaired) electrons.